The highest BCUT2D eigenvalue weighted by molar-refractivity contribution is 7.54. The fourth-order valence-electron chi connectivity index (χ4n) is 1.43. The zero-order valence-corrected chi connectivity index (χ0v) is 10.3. The molecule has 7 heteroatoms. The van der Waals surface area contributed by atoms with Crippen LogP contribution in [0.1, 0.15) is 11.4 Å². The lowest BCUT2D eigenvalue weighted by molar-refractivity contribution is 0.257. The minimum absolute atomic E-state index is 0.227. The average Bonchev–Trinajstić information content (AvgIpc) is 2.88. The molecule has 0 unspecified atom stereocenters. The third-order valence-corrected chi connectivity index (χ3v) is 4.53. The molecule has 0 amide bonds. The van der Waals surface area contributed by atoms with Gasteiger partial charge < -0.3 is 13.5 Å². The van der Waals surface area contributed by atoms with Crippen molar-refractivity contribution in [3.63, 3.8) is 0 Å². The van der Waals surface area contributed by atoms with Gasteiger partial charge in [0.15, 0.2) is 5.92 Å². The summed E-state index contributed by atoms with van der Waals surface area (Å²) in [6.07, 6.45) is 1.36. The molecule has 0 N–H and O–H groups in total. The van der Waals surface area contributed by atoms with Crippen LogP contribution in [0.2, 0.25) is 0 Å². The molecule has 17 heavy (non-hydrogen) atoms. The molecule has 1 aromatic heterocycles. The van der Waals surface area contributed by atoms with E-state index in [9.17, 15) is 4.57 Å². The molecular formula is C10H11N2O4P. The third kappa shape index (κ3) is 2.57. The first-order valence-electron chi connectivity index (χ1n) is 4.66. The van der Waals surface area contributed by atoms with E-state index in [2.05, 4.69) is 0 Å². The van der Waals surface area contributed by atoms with Crippen molar-refractivity contribution >= 4 is 7.60 Å². The predicted octanol–water partition coefficient (Wildman–Crippen LogP) is 2.47. The van der Waals surface area contributed by atoms with Gasteiger partial charge in [0.05, 0.1) is 18.4 Å². The van der Waals surface area contributed by atoms with Crippen LogP contribution in [-0.2, 0) is 13.6 Å². The van der Waals surface area contributed by atoms with Crippen molar-refractivity contribution in [1.82, 2.24) is 0 Å². The van der Waals surface area contributed by atoms with Crippen LogP contribution in [0.4, 0.5) is 0 Å². The van der Waals surface area contributed by atoms with E-state index in [1.54, 1.807) is 18.2 Å². The van der Waals surface area contributed by atoms with E-state index in [4.69, 9.17) is 24.0 Å². The van der Waals surface area contributed by atoms with Crippen molar-refractivity contribution < 1.29 is 18.0 Å². The molecule has 1 atom stereocenters. The summed E-state index contributed by atoms with van der Waals surface area (Å²) in [4.78, 5) is 0. The Kier molecular flexibility index (Phi) is 4.48. The molecule has 0 aliphatic rings. The zero-order valence-electron chi connectivity index (χ0n) is 9.36. The van der Waals surface area contributed by atoms with Crippen LogP contribution < -0.4 is 0 Å². The van der Waals surface area contributed by atoms with Gasteiger partial charge in [-0.1, -0.05) is 0 Å². The molecule has 0 radical (unpaired) electrons. The van der Waals surface area contributed by atoms with E-state index in [1.165, 1.54) is 26.5 Å². The number of hydrogen-bond donors (Lipinski definition) is 0. The van der Waals surface area contributed by atoms with E-state index in [-0.39, 0.29) is 5.76 Å². The number of nitriles is 2. The molecule has 1 aromatic rings. The summed E-state index contributed by atoms with van der Waals surface area (Å²) in [6, 6.07) is 6.62. The van der Waals surface area contributed by atoms with Crippen molar-refractivity contribution in [2.45, 2.75) is 5.66 Å². The topological polar surface area (TPSA) is 96.2 Å². The summed E-state index contributed by atoms with van der Waals surface area (Å²) >= 11 is 0. The Hall–Kier alpha value is -1.59. The Morgan fingerprint density at radius 2 is 1.94 bits per heavy atom. The quantitative estimate of drug-likeness (QED) is 0.749. The number of nitrogens with zero attached hydrogens (tertiary/aromatic N) is 2. The summed E-state index contributed by atoms with van der Waals surface area (Å²) < 4.78 is 27.1. The molecule has 0 aliphatic heterocycles. The Balaban J connectivity index is 3.27. The molecule has 6 nitrogen and oxygen atoms in total. The second-order valence-corrected chi connectivity index (χ2v) is 5.47. The van der Waals surface area contributed by atoms with Crippen molar-refractivity contribution in [2.24, 2.45) is 5.92 Å². The summed E-state index contributed by atoms with van der Waals surface area (Å²) in [7, 11) is -1.21. The highest BCUT2D eigenvalue weighted by atomic mass is 31.2. The van der Waals surface area contributed by atoms with Crippen LogP contribution in [-0.4, -0.2) is 14.2 Å². The van der Waals surface area contributed by atoms with Crippen molar-refractivity contribution in [3.8, 4) is 12.1 Å². The number of rotatable bonds is 5. The van der Waals surface area contributed by atoms with Gasteiger partial charge in [-0.3, -0.25) is 4.57 Å². The van der Waals surface area contributed by atoms with Gasteiger partial charge in [-0.15, -0.1) is 0 Å². The van der Waals surface area contributed by atoms with Gasteiger partial charge in [-0.05, 0) is 12.1 Å². The first-order valence-corrected chi connectivity index (χ1v) is 6.28. The van der Waals surface area contributed by atoms with Gasteiger partial charge in [0.1, 0.15) is 11.4 Å². The lowest BCUT2D eigenvalue weighted by Crippen LogP contribution is -2.12. The lowest BCUT2D eigenvalue weighted by Gasteiger charge is -2.22. The number of hydrogen-bond acceptors (Lipinski definition) is 6. The second kappa shape index (κ2) is 5.65. The van der Waals surface area contributed by atoms with Gasteiger partial charge in [-0.2, -0.15) is 10.5 Å². The van der Waals surface area contributed by atoms with Gasteiger partial charge in [0, 0.05) is 14.2 Å². The molecule has 0 saturated carbocycles. The Morgan fingerprint density at radius 1 is 1.35 bits per heavy atom. The van der Waals surface area contributed by atoms with Crippen molar-refractivity contribution in [1.29, 1.82) is 10.5 Å². The molecule has 0 aromatic carbocycles. The molecule has 0 bridgehead atoms. The van der Waals surface area contributed by atoms with Crippen LogP contribution in [0.5, 0.6) is 0 Å². The minimum atomic E-state index is -3.61. The predicted molar refractivity (Wildman–Crippen MR) is 57.8 cm³/mol. The van der Waals surface area contributed by atoms with E-state index < -0.39 is 19.2 Å². The molecule has 1 rings (SSSR count). The Morgan fingerprint density at radius 3 is 2.29 bits per heavy atom. The minimum Gasteiger partial charge on any atom is -0.468 e. The SMILES string of the molecule is COP(=O)(OC)[C@H](c1ccco1)C(C#N)C#N. The molecule has 0 saturated heterocycles. The number of furan rings is 1. The zero-order chi connectivity index (χ0) is 12.9. The fraction of sp³-hybridized carbons (Fsp3) is 0.400. The summed E-state index contributed by atoms with van der Waals surface area (Å²) in [6.45, 7) is 0. The van der Waals surface area contributed by atoms with Crippen LogP contribution in [0.3, 0.4) is 0 Å². The molecule has 0 fully saturated rings. The summed E-state index contributed by atoms with van der Waals surface area (Å²) in [5, 5.41) is 17.8. The maximum absolute atomic E-state index is 12.3. The smallest absolute Gasteiger partial charge is 0.343 e. The first kappa shape index (κ1) is 13.5. The van der Waals surface area contributed by atoms with Crippen molar-refractivity contribution in [2.75, 3.05) is 14.2 Å². The van der Waals surface area contributed by atoms with Gasteiger partial charge in [0.25, 0.3) is 0 Å². The standard InChI is InChI=1S/C10H11N2O4P/c1-14-17(13,15-2)10(8(6-11)7-12)9-4-3-5-16-9/h3-5,8,10H,1-2H3/t10-/m0/s1. The van der Waals surface area contributed by atoms with E-state index in [0.29, 0.717) is 0 Å². The Bertz CT molecular complexity index is 463. The lowest BCUT2D eigenvalue weighted by atomic mass is 10.1. The second-order valence-electron chi connectivity index (χ2n) is 3.10. The van der Waals surface area contributed by atoms with Gasteiger partial charge in [0.2, 0.25) is 0 Å². The molecular weight excluding hydrogens is 243 g/mol. The van der Waals surface area contributed by atoms with Crippen LogP contribution >= 0.6 is 7.60 Å². The van der Waals surface area contributed by atoms with E-state index in [0.717, 1.165) is 0 Å². The largest absolute Gasteiger partial charge is 0.468 e. The summed E-state index contributed by atoms with van der Waals surface area (Å²) in [5.74, 6) is -0.947. The van der Waals surface area contributed by atoms with Crippen LogP contribution in [0.25, 0.3) is 0 Å². The van der Waals surface area contributed by atoms with E-state index >= 15 is 0 Å². The van der Waals surface area contributed by atoms with E-state index in [1.807, 2.05) is 0 Å². The average molecular weight is 254 g/mol. The Labute approximate surface area is 98.9 Å². The molecule has 90 valence electrons. The maximum Gasteiger partial charge on any atom is 0.343 e. The first-order chi connectivity index (χ1) is 8.12. The molecule has 0 aliphatic carbocycles. The maximum atomic E-state index is 12.3. The highest BCUT2D eigenvalue weighted by Gasteiger charge is 2.43. The highest BCUT2D eigenvalue weighted by Crippen LogP contribution is 2.62. The monoisotopic (exact) mass is 254 g/mol. The van der Waals surface area contributed by atoms with Crippen molar-refractivity contribution in [3.05, 3.63) is 24.2 Å². The fourth-order valence-corrected chi connectivity index (χ4v) is 2.99. The third-order valence-electron chi connectivity index (χ3n) is 2.28. The summed E-state index contributed by atoms with van der Waals surface area (Å²) in [5.41, 5.74) is -1.05. The van der Waals surface area contributed by atoms with Gasteiger partial charge in [-0.25, -0.2) is 0 Å². The normalized spacial score (nSPS) is 13.0. The van der Waals surface area contributed by atoms with Gasteiger partial charge >= 0.3 is 7.60 Å². The molecule has 1 heterocycles. The van der Waals surface area contributed by atoms with Crippen LogP contribution in [0, 0.1) is 28.6 Å². The molecule has 0 spiro atoms. The van der Waals surface area contributed by atoms with Crippen LogP contribution in [0.15, 0.2) is 22.8 Å².